The number of anilines is 1. The number of rotatable bonds is 5. The Kier molecular flexibility index (Phi) is 5.39. The number of hydrogen-bond donors (Lipinski definition) is 0. The van der Waals surface area contributed by atoms with Crippen molar-refractivity contribution in [2.75, 3.05) is 11.9 Å². The summed E-state index contributed by atoms with van der Waals surface area (Å²) in [6.45, 7) is 1.67. The van der Waals surface area contributed by atoms with Gasteiger partial charge < -0.3 is 9.64 Å². The van der Waals surface area contributed by atoms with Gasteiger partial charge in [-0.3, -0.25) is 4.79 Å². The molecule has 3 rings (SSSR count). The average Bonchev–Trinajstić information content (AvgIpc) is 3.10. The lowest BCUT2D eigenvalue weighted by Gasteiger charge is -2.15. The second kappa shape index (κ2) is 7.72. The van der Waals surface area contributed by atoms with Crippen LogP contribution in [0.25, 0.3) is 5.69 Å². The van der Waals surface area contributed by atoms with Gasteiger partial charge in [-0.15, -0.1) is 5.10 Å². The molecular formula is C17H15Cl2N5O2. The summed E-state index contributed by atoms with van der Waals surface area (Å²) in [5.41, 5.74) is 1.46. The van der Waals surface area contributed by atoms with Gasteiger partial charge in [0.2, 0.25) is 5.91 Å². The Hall–Kier alpha value is -2.64. The number of nitrogens with zero attached hydrogens (tertiary/aromatic N) is 5. The molecule has 0 N–H and O–H groups in total. The highest BCUT2D eigenvalue weighted by molar-refractivity contribution is 6.42. The smallest absolute Gasteiger partial charge is 0.223 e. The van der Waals surface area contributed by atoms with Crippen LogP contribution >= 0.6 is 23.2 Å². The van der Waals surface area contributed by atoms with Crippen LogP contribution in [0.3, 0.4) is 0 Å². The summed E-state index contributed by atoms with van der Waals surface area (Å²) in [5, 5.41) is 12.5. The molecule has 0 saturated heterocycles. The molecule has 0 spiro atoms. The van der Waals surface area contributed by atoms with E-state index in [9.17, 15) is 4.79 Å². The Morgan fingerprint density at radius 1 is 1.15 bits per heavy atom. The molecule has 2 aromatic carbocycles. The maximum Gasteiger partial charge on any atom is 0.223 e. The minimum atomic E-state index is -0.0422. The Balaban J connectivity index is 1.72. The van der Waals surface area contributed by atoms with Crippen molar-refractivity contribution in [2.24, 2.45) is 0 Å². The van der Waals surface area contributed by atoms with Crippen molar-refractivity contribution >= 4 is 34.8 Å². The summed E-state index contributed by atoms with van der Waals surface area (Å²) < 4.78 is 7.26. The predicted molar refractivity (Wildman–Crippen MR) is 99.0 cm³/mol. The lowest BCUT2D eigenvalue weighted by atomic mass is 10.3. The number of carbonyl (C=O) groups is 1. The second-order valence-corrected chi connectivity index (χ2v) is 6.28. The van der Waals surface area contributed by atoms with Crippen molar-refractivity contribution in [3.63, 3.8) is 0 Å². The third kappa shape index (κ3) is 3.95. The minimum Gasteiger partial charge on any atom is -0.486 e. The van der Waals surface area contributed by atoms with Gasteiger partial charge in [0.15, 0.2) is 5.82 Å². The molecule has 0 saturated carbocycles. The number of carbonyl (C=O) groups excluding carboxylic acids is 1. The molecule has 1 amide bonds. The summed E-state index contributed by atoms with van der Waals surface area (Å²) >= 11 is 12.0. The van der Waals surface area contributed by atoms with E-state index < -0.39 is 0 Å². The van der Waals surface area contributed by atoms with Gasteiger partial charge in [0.1, 0.15) is 12.4 Å². The van der Waals surface area contributed by atoms with Crippen molar-refractivity contribution in [3.05, 3.63) is 58.3 Å². The van der Waals surface area contributed by atoms with Crippen LogP contribution in [0.2, 0.25) is 10.0 Å². The SMILES string of the molecule is CC(=O)N(C)c1ccc(OCc2nnnn2-c2ccc(Cl)c(Cl)c2)cc1. The van der Waals surface area contributed by atoms with Gasteiger partial charge in [-0.25, -0.2) is 0 Å². The Labute approximate surface area is 160 Å². The lowest BCUT2D eigenvalue weighted by molar-refractivity contribution is -0.116. The van der Waals surface area contributed by atoms with E-state index >= 15 is 0 Å². The zero-order valence-electron chi connectivity index (χ0n) is 14.1. The number of hydrogen-bond acceptors (Lipinski definition) is 5. The van der Waals surface area contributed by atoms with E-state index in [0.29, 0.717) is 27.3 Å². The van der Waals surface area contributed by atoms with Crippen LogP contribution in [0.1, 0.15) is 12.7 Å². The van der Waals surface area contributed by atoms with Crippen molar-refractivity contribution in [3.8, 4) is 11.4 Å². The van der Waals surface area contributed by atoms with Gasteiger partial charge in [-0.05, 0) is 52.9 Å². The van der Waals surface area contributed by atoms with Crippen LogP contribution in [0, 0.1) is 0 Å². The third-order valence-electron chi connectivity index (χ3n) is 3.75. The monoisotopic (exact) mass is 391 g/mol. The highest BCUT2D eigenvalue weighted by atomic mass is 35.5. The number of tetrazole rings is 1. The number of halogens is 2. The van der Waals surface area contributed by atoms with E-state index in [2.05, 4.69) is 15.5 Å². The largest absolute Gasteiger partial charge is 0.486 e. The van der Waals surface area contributed by atoms with E-state index in [1.165, 1.54) is 11.6 Å². The van der Waals surface area contributed by atoms with Crippen LogP contribution in [0.4, 0.5) is 5.69 Å². The first-order valence-electron chi connectivity index (χ1n) is 7.65. The Morgan fingerprint density at radius 2 is 1.88 bits per heavy atom. The zero-order valence-corrected chi connectivity index (χ0v) is 15.6. The van der Waals surface area contributed by atoms with E-state index in [0.717, 1.165) is 5.69 Å². The maximum absolute atomic E-state index is 11.4. The van der Waals surface area contributed by atoms with E-state index in [4.69, 9.17) is 27.9 Å². The molecule has 134 valence electrons. The molecule has 0 radical (unpaired) electrons. The second-order valence-electron chi connectivity index (χ2n) is 5.47. The first kappa shape index (κ1) is 18.2. The quantitative estimate of drug-likeness (QED) is 0.664. The predicted octanol–water partition coefficient (Wildman–Crippen LogP) is 3.53. The fraction of sp³-hybridized carbons (Fsp3) is 0.176. The highest BCUT2D eigenvalue weighted by Crippen LogP contribution is 2.25. The van der Waals surface area contributed by atoms with Crippen molar-refractivity contribution in [1.29, 1.82) is 0 Å². The molecular weight excluding hydrogens is 377 g/mol. The molecule has 3 aromatic rings. The first-order valence-corrected chi connectivity index (χ1v) is 8.41. The van der Waals surface area contributed by atoms with Crippen LogP contribution in [-0.4, -0.2) is 33.2 Å². The zero-order chi connectivity index (χ0) is 18.7. The van der Waals surface area contributed by atoms with Gasteiger partial charge in [0.05, 0.1) is 15.7 Å². The minimum absolute atomic E-state index is 0.0422. The molecule has 0 fully saturated rings. The average molecular weight is 392 g/mol. The lowest BCUT2D eigenvalue weighted by Crippen LogP contribution is -2.22. The molecule has 0 aliphatic carbocycles. The molecule has 9 heteroatoms. The molecule has 1 aromatic heterocycles. The fourth-order valence-electron chi connectivity index (χ4n) is 2.21. The summed E-state index contributed by atoms with van der Waals surface area (Å²) in [4.78, 5) is 12.9. The summed E-state index contributed by atoms with van der Waals surface area (Å²) in [5.74, 6) is 1.10. The molecule has 0 bridgehead atoms. The number of amides is 1. The molecule has 0 atom stereocenters. The van der Waals surface area contributed by atoms with Crippen molar-refractivity contribution in [1.82, 2.24) is 20.2 Å². The van der Waals surface area contributed by atoms with Crippen LogP contribution in [0.5, 0.6) is 5.75 Å². The van der Waals surface area contributed by atoms with Crippen LogP contribution < -0.4 is 9.64 Å². The van der Waals surface area contributed by atoms with Crippen molar-refractivity contribution in [2.45, 2.75) is 13.5 Å². The Bertz CT molecular complexity index is 927. The normalized spacial score (nSPS) is 10.6. The highest BCUT2D eigenvalue weighted by Gasteiger charge is 2.11. The molecule has 0 aliphatic rings. The van der Waals surface area contributed by atoms with Gasteiger partial charge in [-0.2, -0.15) is 4.68 Å². The van der Waals surface area contributed by atoms with Gasteiger partial charge in [-0.1, -0.05) is 23.2 Å². The number of benzene rings is 2. The van der Waals surface area contributed by atoms with E-state index in [-0.39, 0.29) is 12.5 Å². The molecule has 7 nitrogen and oxygen atoms in total. The van der Waals surface area contributed by atoms with Gasteiger partial charge in [0.25, 0.3) is 0 Å². The molecule has 0 unspecified atom stereocenters. The summed E-state index contributed by atoms with van der Waals surface area (Å²) in [6.07, 6.45) is 0. The van der Waals surface area contributed by atoms with Crippen molar-refractivity contribution < 1.29 is 9.53 Å². The third-order valence-corrected chi connectivity index (χ3v) is 4.49. The molecule has 1 heterocycles. The first-order chi connectivity index (χ1) is 12.5. The van der Waals surface area contributed by atoms with Crippen LogP contribution in [0.15, 0.2) is 42.5 Å². The Morgan fingerprint density at radius 3 is 2.54 bits per heavy atom. The molecule has 0 aliphatic heterocycles. The summed E-state index contributed by atoms with van der Waals surface area (Å²) in [7, 11) is 1.71. The maximum atomic E-state index is 11.4. The summed E-state index contributed by atoms with van der Waals surface area (Å²) in [6, 6.07) is 12.3. The van der Waals surface area contributed by atoms with Crippen LogP contribution in [-0.2, 0) is 11.4 Å². The van der Waals surface area contributed by atoms with Gasteiger partial charge in [0, 0.05) is 19.7 Å². The van der Waals surface area contributed by atoms with Gasteiger partial charge >= 0.3 is 0 Å². The number of ether oxygens (including phenoxy) is 1. The fourth-order valence-corrected chi connectivity index (χ4v) is 2.50. The molecule has 26 heavy (non-hydrogen) atoms. The number of aromatic nitrogens is 4. The standard InChI is InChI=1S/C17H15Cl2N5O2/c1-11(25)23(2)12-3-6-14(7-4-12)26-10-17-20-21-22-24(17)13-5-8-15(18)16(19)9-13/h3-9H,10H2,1-2H3. The topological polar surface area (TPSA) is 73.1 Å². The van der Waals surface area contributed by atoms with E-state index in [1.54, 1.807) is 54.4 Å². The van der Waals surface area contributed by atoms with E-state index in [1.807, 2.05) is 0 Å².